The van der Waals surface area contributed by atoms with Crippen LogP contribution in [0.2, 0.25) is 0 Å². The van der Waals surface area contributed by atoms with Gasteiger partial charge in [-0.2, -0.15) is 5.26 Å². The predicted octanol–water partition coefficient (Wildman–Crippen LogP) is 2.29. The van der Waals surface area contributed by atoms with Gasteiger partial charge in [0.25, 0.3) is 0 Å². The number of amides is 1. The van der Waals surface area contributed by atoms with Gasteiger partial charge in [0.2, 0.25) is 5.91 Å². The van der Waals surface area contributed by atoms with Gasteiger partial charge in [0, 0.05) is 11.7 Å². The highest BCUT2D eigenvalue weighted by Crippen LogP contribution is 2.23. The number of aromatic nitrogens is 1. The Morgan fingerprint density at radius 1 is 1.62 bits per heavy atom. The van der Waals surface area contributed by atoms with Crippen molar-refractivity contribution in [2.75, 3.05) is 11.2 Å². The second-order valence-electron chi connectivity index (χ2n) is 4.45. The molecule has 1 amide bonds. The Hall–Kier alpha value is -1.47. The van der Waals surface area contributed by atoms with E-state index in [0.717, 1.165) is 0 Å². The molecule has 1 rings (SSSR count). The third-order valence-corrected chi connectivity index (χ3v) is 2.30. The van der Waals surface area contributed by atoms with Gasteiger partial charge in [0.15, 0.2) is 0 Å². The molecule has 0 aliphatic heterocycles. The van der Waals surface area contributed by atoms with Crippen LogP contribution in [0, 0.1) is 11.3 Å². The number of rotatable bonds is 2. The van der Waals surface area contributed by atoms with Gasteiger partial charge in [0.05, 0.1) is 5.56 Å². The standard InChI is InChI=1S/C11H14ClN3O/c1-11(2,3)15-7-8(6-13)4-9(15)14-10(16)5-12/h4,7H,5H2,1-3H3,(H,14,16). The number of hydrogen-bond acceptors (Lipinski definition) is 2. The Morgan fingerprint density at radius 2 is 2.25 bits per heavy atom. The third-order valence-electron chi connectivity index (χ3n) is 2.06. The summed E-state index contributed by atoms with van der Waals surface area (Å²) in [6, 6.07) is 3.68. The Balaban J connectivity index is 3.12. The Labute approximate surface area is 99.8 Å². The molecule has 0 aromatic carbocycles. The lowest BCUT2D eigenvalue weighted by Crippen LogP contribution is -2.25. The second kappa shape index (κ2) is 4.58. The predicted molar refractivity (Wildman–Crippen MR) is 63.5 cm³/mol. The number of carbonyl (C=O) groups excluding carboxylic acids is 1. The maximum atomic E-state index is 11.2. The molecule has 1 aromatic heterocycles. The number of halogens is 1. The van der Waals surface area contributed by atoms with Crippen LogP contribution in [0.25, 0.3) is 0 Å². The lowest BCUT2D eigenvalue weighted by molar-refractivity contribution is -0.114. The van der Waals surface area contributed by atoms with E-state index >= 15 is 0 Å². The Bertz CT molecular complexity index is 437. The monoisotopic (exact) mass is 239 g/mol. The van der Waals surface area contributed by atoms with Gasteiger partial charge in [-0.05, 0) is 26.8 Å². The number of nitrogens with zero attached hydrogens (tertiary/aromatic N) is 2. The number of hydrogen-bond donors (Lipinski definition) is 1. The fourth-order valence-corrected chi connectivity index (χ4v) is 1.42. The molecule has 0 bridgehead atoms. The van der Waals surface area contributed by atoms with Crippen LogP contribution in [-0.2, 0) is 10.3 Å². The number of nitrogens with one attached hydrogen (secondary N) is 1. The summed E-state index contributed by atoms with van der Waals surface area (Å²) in [6.07, 6.45) is 1.71. The summed E-state index contributed by atoms with van der Waals surface area (Å²) >= 11 is 5.42. The van der Waals surface area contributed by atoms with E-state index in [0.29, 0.717) is 11.4 Å². The minimum absolute atomic E-state index is 0.1000. The van der Waals surface area contributed by atoms with Crippen molar-refractivity contribution in [1.82, 2.24) is 4.57 Å². The summed E-state index contributed by atoms with van der Waals surface area (Å²) in [7, 11) is 0. The van der Waals surface area contributed by atoms with E-state index < -0.39 is 0 Å². The first-order valence-electron chi connectivity index (χ1n) is 4.87. The van der Waals surface area contributed by atoms with Gasteiger partial charge in [-0.1, -0.05) is 0 Å². The van der Waals surface area contributed by atoms with Crippen molar-refractivity contribution in [2.45, 2.75) is 26.3 Å². The van der Waals surface area contributed by atoms with Crippen LogP contribution in [-0.4, -0.2) is 16.4 Å². The maximum Gasteiger partial charge on any atom is 0.240 e. The lowest BCUT2D eigenvalue weighted by atomic mass is 10.1. The lowest BCUT2D eigenvalue weighted by Gasteiger charge is -2.24. The molecule has 0 atom stereocenters. The van der Waals surface area contributed by atoms with Gasteiger partial charge < -0.3 is 9.88 Å². The molecule has 0 unspecified atom stereocenters. The first-order valence-corrected chi connectivity index (χ1v) is 5.40. The van der Waals surface area contributed by atoms with Crippen molar-refractivity contribution >= 4 is 23.3 Å². The topological polar surface area (TPSA) is 57.8 Å². The van der Waals surface area contributed by atoms with Crippen LogP contribution < -0.4 is 5.32 Å². The van der Waals surface area contributed by atoms with E-state index in [9.17, 15) is 4.79 Å². The zero-order chi connectivity index (χ0) is 12.3. The number of carbonyl (C=O) groups is 1. The molecule has 16 heavy (non-hydrogen) atoms. The molecule has 0 aliphatic rings. The number of anilines is 1. The zero-order valence-electron chi connectivity index (χ0n) is 9.54. The highest BCUT2D eigenvalue weighted by atomic mass is 35.5. The number of alkyl halides is 1. The molecule has 4 nitrogen and oxygen atoms in total. The minimum atomic E-state index is -0.283. The highest BCUT2D eigenvalue weighted by molar-refractivity contribution is 6.29. The normalized spacial score (nSPS) is 10.9. The van der Waals surface area contributed by atoms with E-state index in [4.69, 9.17) is 16.9 Å². The molecule has 0 radical (unpaired) electrons. The van der Waals surface area contributed by atoms with Crippen molar-refractivity contribution in [2.24, 2.45) is 0 Å². The molecular weight excluding hydrogens is 226 g/mol. The van der Waals surface area contributed by atoms with Crippen molar-refractivity contribution in [3.8, 4) is 6.07 Å². The van der Waals surface area contributed by atoms with Gasteiger partial charge in [-0.15, -0.1) is 11.6 Å². The van der Waals surface area contributed by atoms with Crippen LogP contribution in [0.1, 0.15) is 26.3 Å². The fourth-order valence-electron chi connectivity index (χ4n) is 1.35. The van der Waals surface area contributed by atoms with Crippen molar-refractivity contribution in [1.29, 1.82) is 5.26 Å². The summed E-state index contributed by atoms with van der Waals surface area (Å²) < 4.78 is 1.84. The zero-order valence-corrected chi connectivity index (χ0v) is 10.3. The molecule has 1 N–H and O–H groups in total. The number of nitriles is 1. The average molecular weight is 240 g/mol. The van der Waals surface area contributed by atoms with Crippen molar-refractivity contribution in [3.05, 3.63) is 17.8 Å². The second-order valence-corrected chi connectivity index (χ2v) is 4.72. The average Bonchev–Trinajstić information content (AvgIpc) is 2.60. The fraction of sp³-hybridized carbons (Fsp3) is 0.455. The van der Waals surface area contributed by atoms with E-state index in [-0.39, 0.29) is 17.3 Å². The summed E-state index contributed by atoms with van der Waals surface area (Å²) in [6.45, 7) is 5.97. The molecule has 1 heterocycles. The highest BCUT2D eigenvalue weighted by Gasteiger charge is 2.18. The first-order chi connectivity index (χ1) is 7.38. The minimum Gasteiger partial charge on any atom is -0.328 e. The van der Waals surface area contributed by atoms with Crippen LogP contribution in [0.15, 0.2) is 12.3 Å². The quantitative estimate of drug-likeness (QED) is 0.805. The molecule has 0 fully saturated rings. The SMILES string of the molecule is CC(C)(C)n1cc(C#N)cc1NC(=O)CCl. The molecule has 86 valence electrons. The first kappa shape index (κ1) is 12.6. The van der Waals surface area contributed by atoms with Gasteiger partial charge in [-0.25, -0.2) is 0 Å². The Morgan fingerprint density at radius 3 is 2.69 bits per heavy atom. The molecule has 0 saturated carbocycles. The van der Waals surface area contributed by atoms with E-state index in [1.165, 1.54) is 0 Å². The van der Waals surface area contributed by atoms with E-state index in [2.05, 4.69) is 5.32 Å². The molecule has 1 aromatic rings. The van der Waals surface area contributed by atoms with Gasteiger partial charge in [0.1, 0.15) is 17.8 Å². The molecule has 0 saturated heterocycles. The van der Waals surface area contributed by atoms with Crippen molar-refractivity contribution < 1.29 is 4.79 Å². The van der Waals surface area contributed by atoms with Crippen molar-refractivity contribution in [3.63, 3.8) is 0 Å². The largest absolute Gasteiger partial charge is 0.328 e. The van der Waals surface area contributed by atoms with Gasteiger partial charge >= 0.3 is 0 Å². The molecule has 0 aliphatic carbocycles. The van der Waals surface area contributed by atoms with E-state index in [1.54, 1.807) is 12.3 Å². The maximum absolute atomic E-state index is 11.2. The molecule has 0 spiro atoms. The smallest absolute Gasteiger partial charge is 0.240 e. The van der Waals surface area contributed by atoms with Gasteiger partial charge in [-0.3, -0.25) is 4.79 Å². The third kappa shape index (κ3) is 2.77. The summed E-state index contributed by atoms with van der Waals surface area (Å²) in [5.74, 6) is 0.210. The Kier molecular flexibility index (Phi) is 3.61. The van der Waals surface area contributed by atoms with Crippen LogP contribution in [0.3, 0.4) is 0 Å². The van der Waals surface area contributed by atoms with Crippen LogP contribution >= 0.6 is 11.6 Å². The molecular formula is C11H14ClN3O. The van der Waals surface area contributed by atoms with Crippen LogP contribution in [0.5, 0.6) is 0 Å². The van der Waals surface area contributed by atoms with E-state index in [1.807, 2.05) is 31.4 Å². The summed E-state index contributed by atoms with van der Waals surface area (Å²) in [5, 5.41) is 11.5. The van der Waals surface area contributed by atoms with Crippen LogP contribution in [0.4, 0.5) is 5.82 Å². The molecule has 5 heteroatoms. The summed E-state index contributed by atoms with van der Waals surface area (Å²) in [5.41, 5.74) is 0.309. The summed E-state index contributed by atoms with van der Waals surface area (Å²) in [4.78, 5) is 11.2.